The molecule has 0 amide bonds. The molecular weight excluding hydrogens is 253 g/mol. The number of ether oxygens (including phenoxy) is 1. The summed E-state index contributed by atoms with van der Waals surface area (Å²) >= 11 is 6.15. The number of hydrogen-bond acceptors (Lipinski definition) is 2. The third kappa shape index (κ3) is 2.63. The van der Waals surface area contributed by atoms with Gasteiger partial charge in [0.25, 0.3) is 0 Å². The van der Waals surface area contributed by atoms with Crippen LogP contribution in [0.4, 0.5) is 4.39 Å². The molecule has 0 aliphatic heterocycles. The zero-order valence-corrected chi connectivity index (χ0v) is 10.6. The minimum absolute atomic E-state index is 0.285. The molecule has 2 N–H and O–H groups in total. The van der Waals surface area contributed by atoms with Crippen LogP contribution in [-0.2, 0) is 0 Å². The summed E-state index contributed by atoms with van der Waals surface area (Å²) in [7, 11) is 1.57. The molecular formula is C14H13ClFNO. The van der Waals surface area contributed by atoms with Crippen LogP contribution in [0.25, 0.3) is 0 Å². The van der Waals surface area contributed by atoms with Gasteiger partial charge in [-0.15, -0.1) is 0 Å². The molecule has 0 saturated carbocycles. The number of methoxy groups -OCH3 is 1. The normalized spacial score (nSPS) is 12.2. The van der Waals surface area contributed by atoms with Gasteiger partial charge in [0.15, 0.2) is 0 Å². The summed E-state index contributed by atoms with van der Waals surface area (Å²) in [6, 6.07) is 11.0. The van der Waals surface area contributed by atoms with Crippen molar-refractivity contribution in [1.82, 2.24) is 0 Å². The van der Waals surface area contributed by atoms with Gasteiger partial charge in [-0.25, -0.2) is 4.39 Å². The first-order valence-electron chi connectivity index (χ1n) is 5.46. The van der Waals surface area contributed by atoms with E-state index in [0.717, 1.165) is 11.1 Å². The van der Waals surface area contributed by atoms with Gasteiger partial charge < -0.3 is 10.5 Å². The van der Waals surface area contributed by atoms with Crippen molar-refractivity contribution >= 4 is 11.6 Å². The van der Waals surface area contributed by atoms with E-state index in [-0.39, 0.29) is 11.9 Å². The van der Waals surface area contributed by atoms with Crippen molar-refractivity contribution in [3.63, 3.8) is 0 Å². The lowest BCUT2D eigenvalue weighted by atomic mass is 9.99. The third-order valence-corrected chi connectivity index (χ3v) is 3.10. The Balaban J connectivity index is 2.33. The quantitative estimate of drug-likeness (QED) is 0.921. The van der Waals surface area contributed by atoms with Gasteiger partial charge in [-0.1, -0.05) is 29.8 Å². The molecule has 0 aliphatic carbocycles. The number of benzene rings is 2. The van der Waals surface area contributed by atoms with E-state index in [9.17, 15) is 4.39 Å². The van der Waals surface area contributed by atoms with E-state index in [1.807, 2.05) is 6.07 Å². The molecule has 0 spiro atoms. The zero-order valence-electron chi connectivity index (χ0n) is 9.86. The molecule has 2 aromatic rings. The standard InChI is InChI=1S/C14H13ClFNO/c1-18-11-6-7-12(13(15)8-11)14(17)9-2-4-10(16)5-3-9/h2-8,14H,17H2,1H3. The van der Waals surface area contributed by atoms with Crippen LogP contribution in [0.2, 0.25) is 5.02 Å². The topological polar surface area (TPSA) is 35.2 Å². The molecule has 2 aromatic carbocycles. The highest BCUT2D eigenvalue weighted by Gasteiger charge is 2.13. The molecule has 2 nitrogen and oxygen atoms in total. The van der Waals surface area contributed by atoms with Crippen molar-refractivity contribution in [2.75, 3.05) is 7.11 Å². The minimum atomic E-state index is -0.385. The molecule has 0 saturated heterocycles. The molecule has 0 heterocycles. The second-order valence-electron chi connectivity index (χ2n) is 3.92. The SMILES string of the molecule is COc1ccc(C(N)c2ccc(F)cc2)c(Cl)c1. The first-order valence-corrected chi connectivity index (χ1v) is 5.84. The van der Waals surface area contributed by atoms with Crippen molar-refractivity contribution in [3.05, 3.63) is 64.4 Å². The molecule has 0 bridgehead atoms. The second kappa shape index (κ2) is 5.38. The van der Waals surface area contributed by atoms with Crippen molar-refractivity contribution in [2.45, 2.75) is 6.04 Å². The summed E-state index contributed by atoms with van der Waals surface area (Å²) in [6.45, 7) is 0. The van der Waals surface area contributed by atoms with Crippen LogP contribution in [0.5, 0.6) is 5.75 Å². The van der Waals surface area contributed by atoms with Crippen LogP contribution < -0.4 is 10.5 Å². The van der Waals surface area contributed by atoms with E-state index >= 15 is 0 Å². The number of halogens is 2. The fourth-order valence-electron chi connectivity index (χ4n) is 1.74. The molecule has 1 atom stereocenters. The van der Waals surface area contributed by atoms with Gasteiger partial charge in [0.2, 0.25) is 0 Å². The summed E-state index contributed by atoms with van der Waals surface area (Å²) in [5.41, 5.74) is 7.70. The Labute approximate surface area is 110 Å². The van der Waals surface area contributed by atoms with Crippen LogP contribution >= 0.6 is 11.6 Å². The molecule has 0 aliphatic rings. The van der Waals surface area contributed by atoms with E-state index in [2.05, 4.69) is 0 Å². The minimum Gasteiger partial charge on any atom is -0.497 e. The lowest BCUT2D eigenvalue weighted by Gasteiger charge is -2.15. The Bertz CT molecular complexity index is 542. The Morgan fingerprint density at radius 2 is 1.83 bits per heavy atom. The van der Waals surface area contributed by atoms with Gasteiger partial charge in [-0.3, -0.25) is 0 Å². The number of nitrogens with two attached hydrogens (primary N) is 1. The lowest BCUT2D eigenvalue weighted by molar-refractivity contribution is 0.414. The highest BCUT2D eigenvalue weighted by molar-refractivity contribution is 6.31. The summed E-state index contributed by atoms with van der Waals surface area (Å²) in [4.78, 5) is 0. The van der Waals surface area contributed by atoms with Gasteiger partial charge in [0, 0.05) is 5.02 Å². The molecule has 0 fully saturated rings. The number of rotatable bonds is 3. The largest absolute Gasteiger partial charge is 0.497 e. The van der Waals surface area contributed by atoms with E-state index in [0.29, 0.717) is 10.8 Å². The Morgan fingerprint density at radius 3 is 2.39 bits per heavy atom. The maximum absolute atomic E-state index is 12.8. The summed E-state index contributed by atoms with van der Waals surface area (Å²) in [5, 5.41) is 0.533. The van der Waals surface area contributed by atoms with Crippen LogP contribution in [0.1, 0.15) is 17.2 Å². The average Bonchev–Trinajstić information content (AvgIpc) is 2.38. The average molecular weight is 266 g/mol. The van der Waals surface area contributed by atoms with Crippen molar-refractivity contribution in [3.8, 4) is 5.75 Å². The Kier molecular flexibility index (Phi) is 3.84. The van der Waals surface area contributed by atoms with Gasteiger partial charge in [0.05, 0.1) is 13.2 Å². The van der Waals surface area contributed by atoms with E-state index in [4.69, 9.17) is 22.1 Å². The van der Waals surface area contributed by atoms with E-state index in [1.54, 1.807) is 31.4 Å². The molecule has 0 aromatic heterocycles. The van der Waals surface area contributed by atoms with Gasteiger partial charge in [0.1, 0.15) is 11.6 Å². The molecule has 18 heavy (non-hydrogen) atoms. The molecule has 2 rings (SSSR count). The Hall–Kier alpha value is -1.58. The maximum Gasteiger partial charge on any atom is 0.123 e. The van der Waals surface area contributed by atoms with Crippen LogP contribution in [0.15, 0.2) is 42.5 Å². The van der Waals surface area contributed by atoms with Gasteiger partial charge >= 0.3 is 0 Å². The highest BCUT2D eigenvalue weighted by Crippen LogP contribution is 2.29. The highest BCUT2D eigenvalue weighted by atomic mass is 35.5. The maximum atomic E-state index is 12.8. The fourth-order valence-corrected chi connectivity index (χ4v) is 2.02. The van der Waals surface area contributed by atoms with Crippen molar-refractivity contribution in [1.29, 1.82) is 0 Å². The van der Waals surface area contributed by atoms with Crippen LogP contribution in [0, 0.1) is 5.82 Å². The predicted octanol–water partition coefficient (Wildman–Crippen LogP) is 3.54. The first kappa shape index (κ1) is 12.9. The van der Waals surface area contributed by atoms with Crippen LogP contribution in [-0.4, -0.2) is 7.11 Å². The lowest BCUT2D eigenvalue weighted by Crippen LogP contribution is -2.12. The molecule has 0 radical (unpaired) electrons. The summed E-state index contributed by atoms with van der Waals surface area (Å²) < 4.78 is 17.9. The van der Waals surface area contributed by atoms with Crippen LogP contribution in [0.3, 0.4) is 0 Å². The molecule has 94 valence electrons. The third-order valence-electron chi connectivity index (χ3n) is 2.77. The van der Waals surface area contributed by atoms with Gasteiger partial charge in [-0.05, 0) is 35.4 Å². The first-order chi connectivity index (χ1) is 8.61. The fraction of sp³-hybridized carbons (Fsp3) is 0.143. The molecule has 1 unspecified atom stereocenters. The van der Waals surface area contributed by atoms with Crippen molar-refractivity contribution in [2.24, 2.45) is 5.73 Å². The second-order valence-corrected chi connectivity index (χ2v) is 4.32. The molecule has 4 heteroatoms. The van der Waals surface area contributed by atoms with Gasteiger partial charge in [-0.2, -0.15) is 0 Å². The number of hydrogen-bond donors (Lipinski definition) is 1. The van der Waals surface area contributed by atoms with E-state index in [1.165, 1.54) is 12.1 Å². The Morgan fingerprint density at radius 1 is 1.17 bits per heavy atom. The summed E-state index contributed by atoms with van der Waals surface area (Å²) in [6.07, 6.45) is 0. The summed E-state index contributed by atoms with van der Waals surface area (Å²) in [5.74, 6) is 0.391. The van der Waals surface area contributed by atoms with Crippen molar-refractivity contribution < 1.29 is 9.13 Å². The zero-order chi connectivity index (χ0) is 13.1. The monoisotopic (exact) mass is 265 g/mol. The smallest absolute Gasteiger partial charge is 0.123 e. The predicted molar refractivity (Wildman–Crippen MR) is 70.4 cm³/mol. The van der Waals surface area contributed by atoms with E-state index < -0.39 is 0 Å².